The molecule has 1 fully saturated rings. The molecule has 0 saturated carbocycles. The zero-order valence-corrected chi connectivity index (χ0v) is 16.9. The summed E-state index contributed by atoms with van der Waals surface area (Å²) in [5.41, 5.74) is -0.385. The number of halogens is 1. The SMILES string of the molecule is COc1ccc(NC(=O)NC(=O)CN2C(=O)NC(C)(c3ccc(Cl)cc3)C2=O)cc1. The predicted molar refractivity (Wildman–Crippen MR) is 109 cm³/mol. The summed E-state index contributed by atoms with van der Waals surface area (Å²) in [6, 6.07) is 11.4. The molecule has 1 aliphatic rings. The average molecular weight is 431 g/mol. The van der Waals surface area contributed by atoms with E-state index in [2.05, 4.69) is 16.0 Å². The van der Waals surface area contributed by atoms with Gasteiger partial charge in [0.15, 0.2) is 0 Å². The quantitative estimate of drug-likeness (QED) is 0.630. The van der Waals surface area contributed by atoms with Crippen molar-refractivity contribution in [1.82, 2.24) is 15.5 Å². The van der Waals surface area contributed by atoms with Crippen LogP contribution in [0.5, 0.6) is 5.75 Å². The van der Waals surface area contributed by atoms with Crippen LogP contribution in [0, 0.1) is 0 Å². The van der Waals surface area contributed by atoms with Crippen molar-refractivity contribution < 1.29 is 23.9 Å². The first-order chi connectivity index (χ1) is 14.2. The van der Waals surface area contributed by atoms with Gasteiger partial charge in [0.1, 0.15) is 17.8 Å². The van der Waals surface area contributed by atoms with E-state index >= 15 is 0 Å². The van der Waals surface area contributed by atoms with Gasteiger partial charge in [0.05, 0.1) is 7.11 Å². The van der Waals surface area contributed by atoms with E-state index in [1.165, 1.54) is 14.0 Å². The van der Waals surface area contributed by atoms with Gasteiger partial charge in [0.25, 0.3) is 5.91 Å². The molecule has 0 bridgehead atoms. The number of carbonyl (C=O) groups is 4. The maximum absolute atomic E-state index is 12.8. The second-order valence-corrected chi connectivity index (χ2v) is 7.12. The minimum Gasteiger partial charge on any atom is -0.497 e. The maximum atomic E-state index is 12.8. The highest BCUT2D eigenvalue weighted by molar-refractivity contribution is 6.30. The van der Waals surface area contributed by atoms with E-state index in [-0.39, 0.29) is 0 Å². The van der Waals surface area contributed by atoms with E-state index < -0.39 is 36.0 Å². The molecule has 1 saturated heterocycles. The minimum absolute atomic E-state index is 0.436. The molecule has 6 amide bonds. The summed E-state index contributed by atoms with van der Waals surface area (Å²) in [6.45, 7) is 0.925. The molecule has 1 atom stereocenters. The van der Waals surface area contributed by atoms with E-state index in [0.717, 1.165) is 4.90 Å². The summed E-state index contributed by atoms with van der Waals surface area (Å²) >= 11 is 5.87. The number of nitrogens with one attached hydrogen (secondary N) is 3. The zero-order chi connectivity index (χ0) is 21.9. The Morgan fingerprint density at radius 3 is 2.33 bits per heavy atom. The Morgan fingerprint density at radius 2 is 1.73 bits per heavy atom. The summed E-state index contributed by atoms with van der Waals surface area (Å²) < 4.78 is 5.02. The smallest absolute Gasteiger partial charge is 0.325 e. The first-order valence-electron chi connectivity index (χ1n) is 8.88. The molecule has 0 aromatic heterocycles. The lowest BCUT2D eigenvalue weighted by Crippen LogP contribution is -2.45. The Kier molecular flexibility index (Phi) is 5.93. The van der Waals surface area contributed by atoms with Gasteiger partial charge >= 0.3 is 12.1 Å². The Labute approximate surface area is 177 Å². The lowest BCUT2D eigenvalue weighted by molar-refractivity contribution is -0.134. The Bertz CT molecular complexity index is 993. The molecule has 10 heteroatoms. The summed E-state index contributed by atoms with van der Waals surface area (Å²) in [6.07, 6.45) is 0. The molecule has 2 aromatic rings. The van der Waals surface area contributed by atoms with Gasteiger partial charge in [0, 0.05) is 10.7 Å². The molecule has 9 nitrogen and oxygen atoms in total. The fourth-order valence-corrected chi connectivity index (χ4v) is 3.09. The number of urea groups is 2. The van der Waals surface area contributed by atoms with Gasteiger partial charge in [-0.05, 0) is 48.9 Å². The van der Waals surface area contributed by atoms with Crippen LogP contribution in [0.25, 0.3) is 0 Å². The van der Waals surface area contributed by atoms with Crippen LogP contribution in [0.4, 0.5) is 15.3 Å². The van der Waals surface area contributed by atoms with Gasteiger partial charge in [0.2, 0.25) is 5.91 Å². The Morgan fingerprint density at radius 1 is 1.10 bits per heavy atom. The largest absolute Gasteiger partial charge is 0.497 e. The van der Waals surface area contributed by atoms with Crippen molar-refractivity contribution in [3.05, 3.63) is 59.1 Å². The monoisotopic (exact) mass is 430 g/mol. The number of nitrogens with zero attached hydrogens (tertiary/aromatic N) is 1. The molecule has 30 heavy (non-hydrogen) atoms. The molecule has 0 aliphatic carbocycles. The van der Waals surface area contributed by atoms with Crippen LogP contribution in [0.15, 0.2) is 48.5 Å². The first kappa shape index (κ1) is 21.1. The number of anilines is 1. The van der Waals surface area contributed by atoms with Gasteiger partial charge in [-0.25, -0.2) is 9.59 Å². The van der Waals surface area contributed by atoms with E-state index in [9.17, 15) is 19.2 Å². The number of hydrogen-bond acceptors (Lipinski definition) is 5. The van der Waals surface area contributed by atoms with Crippen molar-refractivity contribution in [3.8, 4) is 5.75 Å². The molecule has 1 aliphatic heterocycles. The number of carbonyl (C=O) groups excluding carboxylic acids is 4. The molecule has 1 unspecified atom stereocenters. The summed E-state index contributed by atoms with van der Waals surface area (Å²) in [4.78, 5) is 50.1. The third kappa shape index (κ3) is 4.36. The van der Waals surface area contributed by atoms with Gasteiger partial charge in [-0.2, -0.15) is 0 Å². The standard InChI is InChI=1S/C20H19ClN4O5/c1-20(12-3-5-13(21)6-4-12)17(27)25(19(29)24-20)11-16(26)23-18(28)22-14-7-9-15(30-2)10-8-14/h3-10H,11H2,1-2H3,(H,24,29)(H2,22,23,26,28). The zero-order valence-electron chi connectivity index (χ0n) is 16.2. The lowest BCUT2D eigenvalue weighted by Gasteiger charge is -2.22. The van der Waals surface area contributed by atoms with Gasteiger partial charge in [-0.1, -0.05) is 23.7 Å². The number of hydrogen-bond donors (Lipinski definition) is 3. The predicted octanol–water partition coefficient (Wildman–Crippen LogP) is 2.46. The number of imide groups is 2. The van der Waals surface area contributed by atoms with E-state index in [0.29, 0.717) is 22.0 Å². The van der Waals surface area contributed by atoms with E-state index in [1.807, 2.05) is 0 Å². The molecule has 0 radical (unpaired) electrons. The summed E-state index contributed by atoms with van der Waals surface area (Å²) in [7, 11) is 1.52. The molecule has 2 aromatic carbocycles. The summed E-state index contributed by atoms with van der Waals surface area (Å²) in [5, 5.41) is 7.63. The van der Waals surface area contributed by atoms with Crippen LogP contribution >= 0.6 is 11.6 Å². The third-order valence-corrected chi connectivity index (χ3v) is 4.85. The van der Waals surface area contributed by atoms with Crippen molar-refractivity contribution in [3.63, 3.8) is 0 Å². The van der Waals surface area contributed by atoms with E-state index in [1.54, 1.807) is 48.5 Å². The molecular formula is C20H19ClN4O5. The van der Waals surface area contributed by atoms with Crippen molar-refractivity contribution in [1.29, 1.82) is 0 Å². The van der Waals surface area contributed by atoms with Gasteiger partial charge < -0.3 is 15.4 Å². The van der Waals surface area contributed by atoms with Crippen LogP contribution in [0.2, 0.25) is 5.02 Å². The number of amides is 6. The van der Waals surface area contributed by atoms with E-state index in [4.69, 9.17) is 16.3 Å². The highest BCUT2D eigenvalue weighted by Crippen LogP contribution is 2.29. The van der Waals surface area contributed by atoms with Crippen molar-refractivity contribution in [2.45, 2.75) is 12.5 Å². The maximum Gasteiger partial charge on any atom is 0.325 e. The van der Waals surface area contributed by atoms with Crippen LogP contribution < -0.4 is 20.7 Å². The van der Waals surface area contributed by atoms with Crippen molar-refractivity contribution >= 4 is 41.2 Å². The highest BCUT2D eigenvalue weighted by Gasteiger charge is 2.49. The summed E-state index contributed by atoms with van der Waals surface area (Å²) in [5.74, 6) is -0.815. The Balaban J connectivity index is 1.61. The third-order valence-electron chi connectivity index (χ3n) is 4.60. The number of methoxy groups -OCH3 is 1. The molecule has 0 spiro atoms. The normalized spacial score (nSPS) is 18.0. The van der Waals surface area contributed by atoms with Crippen molar-refractivity contribution in [2.24, 2.45) is 0 Å². The fourth-order valence-electron chi connectivity index (χ4n) is 2.97. The van der Waals surface area contributed by atoms with Crippen LogP contribution in [0.3, 0.4) is 0 Å². The molecule has 3 rings (SSSR count). The topological polar surface area (TPSA) is 117 Å². The minimum atomic E-state index is -1.34. The number of benzene rings is 2. The van der Waals surface area contributed by atoms with Gasteiger partial charge in [-0.3, -0.25) is 19.8 Å². The Hall–Kier alpha value is -3.59. The number of rotatable bonds is 5. The first-order valence-corrected chi connectivity index (χ1v) is 9.26. The average Bonchev–Trinajstić information content (AvgIpc) is 2.92. The molecule has 1 heterocycles. The molecule has 156 valence electrons. The van der Waals surface area contributed by atoms with Crippen LogP contribution in [0.1, 0.15) is 12.5 Å². The van der Waals surface area contributed by atoms with Crippen LogP contribution in [-0.4, -0.2) is 42.4 Å². The highest BCUT2D eigenvalue weighted by atomic mass is 35.5. The lowest BCUT2D eigenvalue weighted by atomic mass is 9.92. The molecular weight excluding hydrogens is 412 g/mol. The fraction of sp³-hybridized carbons (Fsp3) is 0.200. The second-order valence-electron chi connectivity index (χ2n) is 6.68. The molecule has 3 N–H and O–H groups in total. The number of ether oxygens (including phenoxy) is 1. The van der Waals surface area contributed by atoms with Crippen LogP contribution in [-0.2, 0) is 15.1 Å². The second kappa shape index (κ2) is 8.42. The van der Waals surface area contributed by atoms with Crippen molar-refractivity contribution in [2.75, 3.05) is 19.0 Å². The van der Waals surface area contributed by atoms with Gasteiger partial charge in [-0.15, -0.1) is 0 Å².